The van der Waals surface area contributed by atoms with Crippen molar-refractivity contribution in [2.24, 2.45) is 5.92 Å². The van der Waals surface area contributed by atoms with Gasteiger partial charge < -0.3 is 20.4 Å². The Balaban J connectivity index is 2.30. The van der Waals surface area contributed by atoms with Crippen LogP contribution in [0.3, 0.4) is 0 Å². The number of carboxylic acids is 1. The number of nitrogens with one attached hydrogen (secondary N) is 1. The van der Waals surface area contributed by atoms with Crippen molar-refractivity contribution in [3.8, 4) is 0 Å². The monoisotopic (exact) mass is 258 g/mol. The summed E-state index contributed by atoms with van der Waals surface area (Å²) in [6.45, 7) is 0.524. The molecule has 0 aromatic carbocycles. The van der Waals surface area contributed by atoms with Gasteiger partial charge in [-0.3, -0.25) is 9.59 Å². The van der Waals surface area contributed by atoms with E-state index in [0.29, 0.717) is 32.2 Å². The van der Waals surface area contributed by atoms with Gasteiger partial charge in [0.1, 0.15) is 0 Å². The van der Waals surface area contributed by atoms with Gasteiger partial charge in [-0.25, -0.2) is 0 Å². The molecule has 0 bridgehead atoms. The van der Waals surface area contributed by atoms with Crippen LogP contribution in [0.2, 0.25) is 0 Å². The first kappa shape index (κ1) is 14.9. The van der Waals surface area contributed by atoms with Gasteiger partial charge in [-0.1, -0.05) is 0 Å². The molecule has 0 aliphatic heterocycles. The summed E-state index contributed by atoms with van der Waals surface area (Å²) in [6.07, 6.45) is 1.92. The first-order valence-electron chi connectivity index (χ1n) is 6.20. The van der Waals surface area contributed by atoms with Crippen LogP contribution in [-0.4, -0.2) is 59.8 Å². The van der Waals surface area contributed by atoms with Crippen LogP contribution >= 0.6 is 0 Å². The molecule has 1 amide bonds. The number of likely N-dealkylation sites (N-methyl/N-ethyl adjacent to an activating group) is 1. The Hall–Kier alpha value is -1.14. The number of aliphatic carboxylic acids is 1. The molecule has 1 saturated carbocycles. The van der Waals surface area contributed by atoms with Crippen molar-refractivity contribution in [1.29, 1.82) is 0 Å². The quantitative estimate of drug-likeness (QED) is 0.628. The fraction of sp³-hybridized carbons (Fsp3) is 0.833. The number of nitrogens with zero attached hydrogens (tertiary/aromatic N) is 1. The Labute approximate surface area is 107 Å². The topological polar surface area (TPSA) is 89.9 Å². The normalized spacial score (nSPS) is 27.8. The molecular formula is C12H22N2O4. The molecule has 3 N–H and O–H groups in total. The van der Waals surface area contributed by atoms with Gasteiger partial charge in [-0.15, -0.1) is 0 Å². The predicted octanol–water partition coefficient (Wildman–Crippen LogP) is -0.330. The smallest absolute Gasteiger partial charge is 0.306 e. The Morgan fingerprint density at radius 3 is 2.33 bits per heavy atom. The van der Waals surface area contributed by atoms with Crippen molar-refractivity contribution in [3.63, 3.8) is 0 Å². The molecule has 1 fully saturated rings. The average molecular weight is 258 g/mol. The molecule has 0 saturated heterocycles. The lowest BCUT2D eigenvalue weighted by atomic mass is 9.79. The highest BCUT2D eigenvalue weighted by Gasteiger charge is 2.35. The SMILES string of the molecule is CN(C)C(=O)CNCC1(O)CCC(C(=O)O)CC1. The van der Waals surface area contributed by atoms with E-state index in [1.807, 2.05) is 0 Å². The van der Waals surface area contributed by atoms with Gasteiger partial charge in [0.25, 0.3) is 0 Å². The van der Waals surface area contributed by atoms with Gasteiger partial charge in [-0.05, 0) is 25.7 Å². The van der Waals surface area contributed by atoms with Gasteiger partial charge in [0.05, 0.1) is 18.1 Å². The third-order valence-electron chi connectivity index (χ3n) is 3.49. The fourth-order valence-electron chi connectivity index (χ4n) is 2.14. The number of aliphatic hydroxyl groups is 1. The molecule has 0 heterocycles. The average Bonchev–Trinajstić information content (AvgIpc) is 2.29. The zero-order valence-corrected chi connectivity index (χ0v) is 11.0. The van der Waals surface area contributed by atoms with Gasteiger partial charge >= 0.3 is 5.97 Å². The summed E-state index contributed by atoms with van der Waals surface area (Å²) in [5, 5.41) is 22.0. The van der Waals surface area contributed by atoms with Crippen molar-refractivity contribution in [2.75, 3.05) is 27.2 Å². The van der Waals surface area contributed by atoms with E-state index in [1.165, 1.54) is 4.90 Å². The number of carbonyl (C=O) groups excluding carboxylic acids is 1. The second kappa shape index (κ2) is 6.15. The molecule has 0 spiro atoms. The molecule has 1 aliphatic rings. The molecule has 6 nitrogen and oxygen atoms in total. The number of amides is 1. The molecule has 1 aliphatic carbocycles. The van der Waals surface area contributed by atoms with Crippen LogP contribution in [0.5, 0.6) is 0 Å². The molecule has 18 heavy (non-hydrogen) atoms. The third kappa shape index (κ3) is 4.27. The van der Waals surface area contributed by atoms with Crippen LogP contribution in [0, 0.1) is 5.92 Å². The van der Waals surface area contributed by atoms with Crippen LogP contribution in [0.4, 0.5) is 0 Å². The number of hydrogen-bond donors (Lipinski definition) is 3. The molecule has 0 atom stereocenters. The van der Waals surface area contributed by atoms with Crippen LogP contribution in [0.25, 0.3) is 0 Å². The number of hydrogen-bond acceptors (Lipinski definition) is 4. The van der Waals surface area contributed by atoms with E-state index in [2.05, 4.69) is 5.32 Å². The van der Waals surface area contributed by atoms with Crippen molar-refractivity contribution in [1.82, 2.24) is 10.2 Å². The van der Waals surface area contributed by atoms with E-state index in [9.17, 15) is 14.7 Å². The molecule has 1 rings (SSSR count). The molecule has 0 aromatic heterocycles. The maximum atomic E-state index is 11.3. The molecule has 0 unspecified atom stereocenters. The fourth-order valence-corrected chi connectivity index (χ4v) is 2.14. The van der Waals surface area contributed by atoms with Gasteiger partial charge in [-0.2, -0.15) is 0 Å². The highest BCUT2D eigenvalue weighted by molar-refractivity contribution is 5.77. The van der Waals surface area contributed by atoms with Crippen molar-refractivity contribution < 1.29 is 19.8 Å². The second-order valence-electron chi connectivity index (χ2n) is 5.23. The van der Waals surface area contributed by atoms with Crippen LogP contribution in [0.15, 0.2) is 0 Å². The molecule has 0 radical (unpaired) electrons. The number of rotatable bonds is 5. The van der Waals surface area contributed by atoms with Crippen molar-refractivity contribution in [3.05, 3.63) is 0 Å². The lowest BCUT2D eigenvalue weighted by Crippen LogP contribution is -2.46. The summed E-state index contributed by atoms with van der Waals surface area (Å²) >= 11 is 0. The van der Waals surface area contributed by atoms with Crippen molar-refractivity contribution in [2.45, 2.75) is 31.3 Å². The Morgan fingerprint density at radius 1 is 1.33 bits per heavy atom. The summed E-state index contributed by atoms with van der Waals surface area (Å²) in [5.41, 5.74) is -0.876. The highest BCUT2D eigenvalue weighted by atomic mass is 16.4. The standard InChI is InChI=1S/C12H22N2O4/c1-14(2)10(15)7-13-8-12(18)5-3-9(4-6-12)11(16)17/h9,13,18H,3-8H2,1-2H3,(H,16,17). The lowest BCUT2D eigenvalue weighted by Gasteiger charge is -2.34. The maximum absolute atomic E-state index is 11.3. The molecule has 0 aromatic rings. The highest BCUT2D eigenvalue weighted by Crippen LogP contribution is 2.31. The largest absolute Gasteiger partial charge is 0.481 e. The Morgan fingerprint density at radius 2 is 1.89 bits per heavy atom. The zero-order valence-electron chi connectivity index (χ0n) is 11.0. The molecule has 6 heteroatoms. The van der Waals surface area contributed by atoms with Crippen LogP contribution < -0.4 is 5.32 Å². The first-order valence-corrected chi connectivity index (χ1v) is 6.20. The van der Waals surface area contributed by atoms with Gasteiger partial charge in [0, 0.05) is 20.6 Å². The van der Waals surface area contributed by atoms with Crippen LogP contribution in [-0.2, 0) is 9.59 Å². The number of carbonyl (C=O) groups is 2. The van der Waals surface area contributed by atoms with E-state index in [4.69, 9.17) is 5.11 Å². The first-order chi connectivity index (χ1) is 8.34. The molecule has 104 valence electrons. The summed E-state index contributed by atoms with van der Waals surface area (Å²) in [5.74, 6) is -1.17. The van der Waals surface area contributed by atoms with Crippen molar-refractivity contribution >= 4 is 11.9 Å². The van der Waals surface area contributed by atoms with E-state index >= 15 is 0 Å². The summed E-state index contributed by atoms with van der Waals surface area (Å²) < 4.78 is 0. The number of carboxylic acid groups (broad SMARTS) is 1. The minimum Gasteiger partial charge on any atom is -0.481 e. The van der Waals surface area contributed by atoms with E-state index < -0.39 is 11.6 Å². The van der Waals surface area contributed by atoms with E-state index in [1.54, 1.807) is 14.1 Å². The zero-order chi connectivity index (χ0) is 13.8. The van der Waals surface area contributed by atoms with Crippen LogP contribution in [0.1, 0.15) is 25.7 Å². The maximum Gasteiger partial charge on any atom is 0.306 e. The molecular weight excluding hydrogens is 236 g/mol. The summed E-state index contributed by atoms with van der Waals surface area (Å²) in [7, 11) is 3.35. The third-order valence-corrected chi connectivity index (χ3v) is 3.49. The lowest BCUT2D eigenvalue weighted by molar-refractivity contribution is -0.144. The minimum absolute atomic E-state index is 0.0437. The second-order valence-corrected chi connectivity index (χ2v) is 5.23. The van der Waals surface area contributed by atoms with Gasteiger partial charge in [0.15, 0.2) is 0 Å². The minimum atomic E-state index is -0.876. The van der Waals surface area contributed by atoms with Gasteiger partial charge in [0.2, 0.25) is 5.91 Å². The summed E-state index contributed by atoms with van der Waals surface area (Å²) in [6, 6.07) is 0. The Kier molecular flexibility index (Phi) is 5.10. The Bertz CT molecular complexity index is 309. The summed E-state index contributed by atoms with van der Waals surface area (Å²) in [4.78, 5) is 23.6. The van der Waals surface area contributed by atoms with E-state index in [-0.39, 0.29) is 18.4 Å². The van der Waals surface area contributed by atoms with E-state index in [0.717, 1.165) is 0 Å². The predicted molar refractivity (Wildman–Crippen MR) is 66.1 cm³/mol.